The van der Waals surface area contributed by atoms with Crippen LogP contribution in [0.4, 0.5) is 10.5 Å². The minimum atomic E-state index is -0.213. The number of nitrogens with zero attached hydrogens (tertiary/aromatic N) is 3. The lowest BCUT2D eigenvalue weighted by Crippen LogP contribution is -2.55. The summed E-state index contributed by atoms with van der Waals surface area (Å²) in [5.41, 5.74) is 4.12. The Bertz CT molecular complexity index is 997. The number of carbonyl (C=O) groups is 2. The number of fused-ring (bicyclic) bond motifs is 2. The lowest BCUT2D eigenvalue weighted by molar-refractivity contribution is 0.0416. The molecule has 32 heavy (non-hydrogen) atoms. The predicted molar refractivity (Wildman–Crippen MR) is 124 cm³/mol. The molecule has 1 aromatic heterocycles. The minimum absolute atomic E-state index is 0.181. The van der Waals surface area contributed by atoms with Gasteiger partial charge in [-0.1, -0.05) is 11.6 Å². The van der Waals surface area contributed by atoms with E-state index in [1.54, 1.807) is 18.3 Å². The molecule has 1 N–H and O–H groups in total. The first-order chi connectivity index (χ1) is 15.4. The van der Waals surface area contributed by atoms with Crippen LogP contribution < -0.4 is 5.32 Å². The van der Waals surface area contributed by atoms with Crippen LogP contribution in [0.1, 0.15) is 46.9 Å². The first kappa shape index (κ1) is 22.6. The van der Waals surface area contributed by atoms with Crippen molar-refractivity contribution in [3.05, 3.63) is 57.9 Å². The Hall–Kier alpha value is -2.64. The smallest absolute Gasteiger partial charge is 0.410 e. The average Bonchev–Trinajstić information content (AvgIpc) is 3.02. The summed E-state index contributed by atoms with van der Waals surface area (Å²) in [6.07, 6.45) is 3.37. The molecule has 2 bridgehead atoms. The molecule has 2 fully saturated rings. The fourth-order valence-electron chi connectivity index (χ4n) is 4.68. The van der Waals surface area contributed by atoms with Crippen molar-refractivity contribution in [2.45, 2.75) is 52.2 Å². The van der Waals surface area contributed by atoms with E-state index in [9.17, 15) is 9.59 Å². The molecule has 2 amide bonds. The van der Waals surface area contributed by atoms with Gasteiger partial charge in [-0.05, 0) is 69.0 Å². The highest BCUT2D eigenvalue weighted by Gasteiger charge is 2.43. The summed E-state index contributed by atoms with van der Waals surface area (Å²) in [6.45, 7) is 8.43. The summed E-state index contributed by atoms with van der Waals surface area (Å²) >= 11 is 6.41. The molecule has 2 saturated heterocycles. The number of pyridine rings is 1. The number of hydrogen-bond donors (Lipinski definition) is 1. The van der Waals surface area contributed by atoms with E-state index in [4.69, 9.17) is 16.3 Å². The molecule has 2 aromatic rings. The van der Waals surface area contributed by atoms with Crippen molar-refractivity contribution in [1.29, 1.82) is 0 Å². The van der Waals surface area contributed by atoms with Gasteiger partial charge in [0, 0.05) is 54.3 Å². The highest BCUT2D eigenvalue weighted by molar-refractivity contribution is 6.31. The van der Waals surface area contributed by atoms with Crippen LogP contribution in [0.3, 0.4) is 0 Å². The molecule has 1 aromatic carbocycles. The summed E-state index contributed by atoms with van der Waals surface area (Å²) < 4.78 is 5.25. The summed E-state index contributed by atoms with van der Waals surface area (Å²) in [7, 11) is 0. The number of aryl methyl sites for hydroxylation is 1. The zero-order valence-electron chi connectivity index (χ0n) is 18.7. The SMILES string of the molecule is CCOC(=O)N1C2CCC1CN(Cc1cc(Cl)cc(NC(=O)c3ccc(C)nc3)c1C)C2. The van der Waals surface area contributed by atoms with Gasteiger partial charge in [0.25, 0.3) is 5.91 Å². The van der Waals surface area contributed by atoms with Gasteiger partial charge in [-0.15, -0.1) is 0 Å². The number of hydrogen-bond acceptors (Lipinski definition) is 5. The number of carbonyl (C=O) groups excluding carboxylic acids is 2. The Kier molecular flexibility index (Phi) is 6.67. The summed E-state index contributed by atoms with van der Waals surface area (Å²) in [5, 5.41) is 3.56. The van der Waals surface area contributed by atoms with Crippen LogP contribution in [-0.4, -0.2) is 58.6 Å². The summed E-state index contributed by atoms with van der Waals surface area (Å²) in [5.74, 6) is -0.213. The van der Waals surface area contributed by atoms with Gasteiger partial charge in [0.05, 0.1) is 12.2 Å². The van der Waals surface area contributed by atoms with Gasteiger partial charge in [0.15, 0.2) is 0 Å². The molecule has 4 rings (SSSR count). The Labute approximate surface area is 193 Å². The van der Waals surface area contributed by atoms with Crippen molar-refractivity contribution in [2.24, 2.45) is 0 Å². The Morgan fingerprint density at radius 3 is 2.53 bits per heavy atom. The van der Waals surface area contributed by atoms with Gasteiger partial charge in [-0.3, -0.25) is 19.6 Å². The van der Waals surface area contributed by atoms with E-state index in [1.807, 2.05) is 37.8 Å². The Balaban J connectivity index is 1.47. The highest BCUT2D eigenvalue weighted by Crippen LogP contribution is 2.33. The van der Waals surface area contributed by atoms with Crippen LogP contribution >= 0.6 is 11.6 Å². The van der Waals surface area contributed by atoms with E-state index in [1.165, 1.54) is 0 Å². The third-order valence-electron chi connectivity index (χ3n) is 6.33. The number of rotatable bonds is 5. The maximum Gasteiger partial charge on any atom is 0.410 e. The molecule has 2 aliphatic rings. The number of benzene rings is 1. The first-order valence-electron chi connectivity index (χ1n) is 11.1. The molecular formula is C24H29ClN4O3. The largest absolute Gasteiger partial charge is 0.450 e. The fraction of sp³-hybridized carbons (Fsp3) is 0.458. The van der Waals surface area contributed by atoms with Crippen molar-refractivity contribution in [1.82, 2.24) is 14.8 Å². The van der Waals surface area contributed by atoms with Gasteiger partial charge in [0.2, 0.25) is 0 Å². The number of aromatic nitrogens is 1. The van der Waals surface area contributed by atoms with Crippen LogP contribution in [-0.2, 0) is 11.3 Å². The van der Waals surface area contributed by atoms with Gasteiger partial charge in [0.1, 0.15) is 0 Å². The number of likely N-dealkylation sites (tertiary alicyclic amines) is 1. The molecule has 2 unspecified atom stereocenters. The number of nitrogens with one attached hydrogen (secondary N) is 1. The number of halogens is 1. The van der Waals surface area contributed by atoms with Crippen molar-refractivity contribution in [2.75, 3.05) is 25.0 Å². The predicted octanol–water partition coefficient (Wildman–Crippen LogP) is 4.41. The number of anilines is 1. The third kappa shape index (κ3) is 4.74. The van der Waals surface area contributed by atoms with E-state index >= 15 is 0 Å². The van der Waals surface area contributed by atoms with Gasteiger partial charge < -0.3 is 10.1 Å². The zero-order chi connectivity index (χ0) is 22.8. The summed E-state index contributed by atoms with van der Waals surface area (Å²) in [6, 6.07) is 7.68. The molecule has 0 aliphatic carbocycles. The van der Waals surface area contributed by atoms with Crippen molar-refractivity contribution >= 4 is 29.3 Å². The maximum atomic E-state index is 12.7. The van der Waals surface area contributed by atoms with Gasteiger partial charge in [-0.2, -0.15) is 0 Å². The first-order valence-corrected chi connectivity index (χ1v) is 11.4. The molecule has 0 spiro atoms. The number of piperazine rings is 1. The molecule has 170 valence electrons. The van der Waals surface area contributed by atoms with Crippen LogP contribution in [0.5, 0.6) is 0 Å². The second kappa shape index (κ2) is 9.46. The van der Waals surface area contributed by atoms with Crippen molar-refractivity contribution in [3.63, 3.8) is 0 Å². The van der Waals surface area contributed by atoms with Gasteiger partial charge in [-0.25, -0.2) is 4.79 Å². The fourth-order valence-corrected chi connectivity index (χ4v) is 4.92. The monoisotopic (exact) mass is 456 g/mol. The third-order valence-corrected chi connectivity index (χ3v) is 6.55. The lowest BCUT2D eigenvalue weighted by atomic mass is 10.0. The van der Waals surface area contributed by atoms with Crippen molar-refractivity contribution in [3.8, 4) is 0 Å². The zero-order valence-corrected chi connectivity index (χ0v) is 19.5. The topological polar surface area (TPSA) is 74.8 Å². The summed E-state index contributed by atoms with van der Waals surface area (Å²) in [4.78, 5) is 33.5. The molecule has 0 radical (unpaired) electrons. The van der Waals surface area contributed by atoms with E-state index < -0.39 is 0 Å². The van der Waals surface area contributed by atoms with E-state index in [2.05, 4.69) is 15.2 Å². The number of amides is 2. The standard InChI is InChI=1S/C24H29ClN4O3/c1-4-32-24(31)29-20-7-8-21(29)14-28(13-20)12-18-9-19(25)10-22(16(18)3)27-23(30)17-6-5-15(2)26-11-17/h5-6,9-11,20-21H,4,7-8,12-14H2,1-3H3,(H,27,30). The van der Waals surface area contributed by atoms with Crippen LogP contribution in [0.2, 0.25) is 5.02 Å². The molecule has 8 heteroatoms. The Morgan fingerprint density at radius 1 is 1.19 bits per heavy atom. The molecule has 2 aliphatic heterocycles. The maximum absolute atomic E-state index is 12.7. The van der Waals surface area contributed by atoms with Crippen LogP contribution in [0.25, 0.3) is 0 Å². The average molecular weight is 457 g/mol. The van der Waals surface area contributed by atoms with Crippen LogP contribution in [0, 0.1) is 13.8 Å². The molecule has 3 heterocycles. The molecule has 2 atom stereocenters. The van der Waals surface area contributed by atoms with E-state index in [0.29, 0.717) is 29.4 Å². The minimum Gasteiger partial charge on any atom is -0.450 e. The van der Waals surface area contributed by atoms with Gasteiger partial charge >= 0.3 is 6.09 Å². The molecule has 0 saturated carbocycles. The Morgan fingerprint density at radius 2 is 1.91 bits per heavy atom. The number of ether oxygens (including phenoxy) is 1. The van der Waals surface area contributed by atoms with Crippen LogP contribution in [0.15, 0.2) is 30.5 Å². The van der Waals surface area contributed by atoms with E-state index in [0.717, 1.165) is 42.8 Å². The lowest BCUT2D eigenvalue weighted by Gasteiger charge is -2.40. The quantitative estimate of drug-likeness (QED) is 0.721. The molecule has 7 nitrogen and oxygen atoms in total. The van der Waals surface area contributed by atoms with E-state index in [-0.39, 0.29) is 24.1 Å². The second-order valence-electron chi connectivity index (χ2n) is 8.57. The van der Waals surface area contributed by atoms with Crippen molar-refractivity contribution < 1.29 is 14.3 Å². The second-order valence-corrected chi connectivity index (χ2v) is 9.00. The molecular weight excluding hydrogens is 428 g/mol. The highest BCUT2D eigenvalue weighted by atomic mass is 35.5. The normalized spacial score (nSPS) is 20.3.